The second kappa shape index (κ2) is 4.06. The number of hydrogen-bond acceptors (Lipinski definition) is 3. The molecule has 0 aromatic heterocycles. The monoisotopic (exact) mass is 298 g/mol. The first-order valence-electron chi connectivity index (χ1n) is 8.28. The van der Waals surface area contributed by atoms with Crippen molar-refractivity contribution >= 4 is 17.3 Å². The minimum atomic E-state index is -0.553. The molecule has 1 spiro atoms. The van der Waals surface area contributed by atoms with Gasteiger partial charge in [0.1, 0.15) is 17.3 Å². The zero-order valence-corrected chi connectivity index (χ0v) is 13.3. The molecule has 0 aromatic rings. The summed E-state index contributed by atoms with van der Waals surface area (Å²) < 4.78 is 0. The second-order valence-electron chi connectivity index (χ2n) is 8.11. The fourth-order valence-electron chi connectivity index (χ4n) is 5.45. The highest BCUT2D eigenvalue weighted by molar-refractivity contribution is 6.05. The van der Waals surface area contributed by atoms with Crippen LogP contribution in [0.15, 0.2) is 23.8 Å². The lowest BCUT2D eigenvalue weighted by molar-refractivity contribution is -0.143. The topological polar surface area (TPSA) is 51.2 Å². The van der Waals surface area contributed by atoms with E-state index in [1.165, 1.54) is 0 Å². The SMILES string of the molecule is C=C1CC23CC=C4[C@H](CC(=O)C4(C)C)C(=O)[C@H]2CCC1C3=O. The van der Waals surface area contributed by atoms with Gasteiger partial charge in [-0.15, -0.1) is 0 Å². The lowest BCUT2D eigenvalue weighted by atomic mass is 9.63. The predicted octanol–water partition coefficient (Wildman–Crippen LogP) is 3.04. The van der Waals surface area contributed by atoms with E-state index in [-0.39, 0.29) is 35.1 Å². The number of fused-ring (bicyclic) bond motifs is 2. The molecular formula is C19H22O3. The number of carbonyl (C=O) groups is 3. The molecule has 4 aliphatic carbocycles. The molecule has 3 fully saturated rings. The van der Waals surface area contributed by atoms with Crippen LogP contribution in [0.1, 0.15) is 46.0 Å². The van der Waals surface area contributed by atoms with Gasteiger partial charge in [0.2, 0.25) is 0 Å². The smallest absolute Gasteiger partial charge is 0.147 e. The van der Waals surface area contributed by atoms with Gasteiger partial charge in [-0.25, -0.2) is 0 Å². The Balaban J connectivity index is 1.85. The maximum atomic E-state index is 13.2. The molecule has 116 valence electrons. The van der Waals surface area contributed by atoms with Crippen LogP contribution in [-0.4, -0.2) is 17.3 Å². The van der Waals surface area contributed by atoms with Crippen LogP contribution >= 0.6 is 0 Å². The van der Waals surface area contributed by atoms with E-state index in [0.29, 0.717) is 19.3 Å². The summed E-state index contributed by atoms with van der Waals surface area (Å²) >= 11 is 0. The predicted molar refractivity (Wildman–Crippen MR) is 82.0 cm³/mol. The minimum Gasteiger partial charge on any atom is -0.299 e. The Hall–Kier alpha value is -1.51. The summed E-state index contributed by atoms with van der Waals surface area (Å²) in [5, 5.41) is 0. The first-order chi connectivity index (χ1) is 10.3. The summed E-state index contributed by atoms with van der Waals surface area (Å²) in [5.41, 5.74) is 0.880. The number of hydrogen-bond donors (Lipinski definition) is 0. The average Bonchev–Trinajstić information content (AvgIpc) is 2.70. The first-order valence-corrected chi connectivity index (χ1v) is 8.28. The molecule has 4 aliphatic rings. The fraction of sp³-hybridized carbons (Fsp3) is 0.632. The fourth-order valence-corrected chi connectivity index (χ4v) is 5.45. The van der Waals surface area contributed by atoms with E-state index in [9.17, 15) is 14.4 Å². The molecule has 0 amide bonds. The van der Waals surface area contributed by atoms with Crippen molar-refractivity contribution in [2.24, 2.45) is 28.6 Å². The molecule has 4 rings (SSSR count). The Kier molecular flexibility index (Phi) is 2.61. The molecule has 0 heterocycles. The number of ketones is 3. The van der Waals surface area contributed by atoms with Crippen molar-refractivity contribution < 1.29 is 14.4 Å². The third kappa shape index (κ3) is 1.45. The van der Waals surface area contributed by atoms with Gasteiger partial charge >= 0.3 is 0 Å². The van der Waals surface area contributed by atoms with Gasteiger partial charge in [0.05, 0.1) is 0 Å². The van der Waals surface area contributed by atoms with E-state index in [0.717, 1.165) is 24.0 Å². The Morgan fingerprint density at radius 1 is 1.14 bits per heavy atom. The molecule has 2 bridgehead atoms. The van der Waals surface area contributed by atoms with Crippen molar-refractivity contribution in [2.75, 3.05) is 0 Å². The molecule has 4 atom stereocenters. The number of allylic oxidation sites excluding steroid dienone is 3. The maximum Gasteiger partial charge on any atom is 0.147 e. The zero-order valence-electron chi connectivity index (χ0n) is 13.3. The number of carbonyl (C=O) groups excluding carboxylic acids is 3. The number of rotatable bonds is 0. The summed E-state index contributed by atoms with van der Waals surface area (Å²) in [7, 11) is 0. The van der Waals surface area contributed by atoms with E-state index in [1.807, 2.05) is 13.8 Å². The van der Waals surface area contributed by atoms with Crippen molar-refractivity contribution in [1.29, 1.82) is 0 Å². The van der Waals surface area contributed by atoms with Gasteiger partial charge in [0.15, 0.2) is 0 Å². The minimum absolute atomic E-state index is 0.0324. The highest BCUT2D eigenvalue weighted by Gasteiger charge is 2.62. The highest BCUT2D eigenvalue weighted by atomic mass is 16.1. The standard InChI is InChI=1S/C19H22O3/c1-10-9-19-7-6-13-12(8-15(20)18(13,2)3)16(21)14(19)5-4-11(10)17(19)22/h6,11-12,14H,1,4-5,7-9H2,2-3H3/t11?,12-,14+,19?/m0/s1. The van der Waals surface area contributed by atoms with Gasteiger partial charge in [0.25, 0.3) is 0 Å². The Labute approximate surface area is 130 Å². The summed E-state index contributed by atoms with van der Waals surface area (Å²) in [6.45, 7) is 7.93. The van der Waals surface area contributed by atoms with Crippen molar-refractivity contribution in [1.82, 2.24) is 0 Å². The summed E-state index contributed by atoms with van der Waals surface area (Å²) in [6.07, 6.45) is 5.20. The molecule has 0 aromatic carbocycles. The van der Waals surface area contributed by atoms with Crippen molar-refractivity contribution in [2.45, 2.75) is 46.0 Å². The summed E-state index contributed by atoms with van der Waals surface area (Å²) in [5.74, 6) is 0.00667. The molecule has 0 saturated heterocycles. The Bertz CT molecular complexity index is 666. The maximum absolute atomic E-state index is 13.2. The Morgan fingerprint density at radius 2 is 1.86 bits per heavy atom. The molecule has 0 radical (unpaired) electrons. The van der Waals surface area contributed by atoms with Gasteiger partial charge in [-0.1, -0.05) is 23.8 Å². The molecular weight excluding hydrogens is 276 g/mol. The van der Waals surface area contributed by atoms with E-state index in [2.05, 4.69) is 12.7 Å². The molecule has 22 heavy (non-hydrogen) atoms. The van der Waals surface area contributed by atoms with Crippen LogP contribution in [-0.2, 0) is 14.4 Å². The van der Waals surface area contributed by atoms with Crippen LogP contribution < -0.4 is 0 Å². The van der Waals surface area contributed by atoms with E-state index < -0.39 is 10.8 Å². The first kappa shape index (κ1) is 14.1. The summed E-state index contributed by atoms with van der Waals surface area (Å²) in [4.78, 5) is 38.3. The van der Waals surface area contributed by atoms with Crippen LogP contribution in [0.5, 0.6) is 0 Å². The lowest BCUT2D eigenvalue weighted by Gasteiger charge is -2.37. The molecule has 0 aliphatic heterocycles. The van der Waals surface area contributed by atoms with Crippen LogP contribution in [0.2, 0.25) is 0 Å². The molecule has 2 unspecified atom stereocenters. The molecule has 3 saturated carbocycles. The average molecular weight is 298 g/mol. The molecule has 3 heteroatoms. The van der Waals surface area contributed by atoms with Crippen LogP contribution in [0.3, 0.4) is 0 Å². The van der Waals surface area contributed by atoms with Gasteiger partial charge < -0.3 is 0 Å². The van der Waals surface area contributed by atoms with E-state index in [1.54, 1.807) is 0 Å². The number of Topliss-reactive ketones (excluding diaryl/α,β-unsaturated/α-hetero) is 3. The van der Waals surface area contributed by atoms with E-state index in [4.69, 9.17) is 0 Å². The van der Waals surface area contributed by atoms with Gasteiger partial charge in [-0.2, -0.15) is 0 Å². The van der Waals surface area contributed by atoms with Crippen LogP contribution in [0.25, 0.3) is 0 Å². The Morgan fingerprint density at radius 3 is 2.59 bits per heavy atom. The van der Waals surface area contributed by atoms with Gasteiger partial charge in [-0.3, -0.25) is 14.4 Å². The van der Waals surface area contributed by atoms with Crippen molar-refractivity contribution in [3.63, 3.8) is 0 Å². The van der Waals surface area contributed by atoms with E-state index >= 15 is 0 Å². The van der Waals surface area contributed by atoms with Gasteiger partial charge in [-0.05, 0) is 39.5 Å². The zero-order chi connectivity index (χ0) is 15.9. The molecule has 3 nitrogen and oxygen atoms in total. The van der Waals surface area contributed by atoms with Crippen molar-refractivity contribution in [3.05, 3.63) is 23.8 Å². The third-order valence-corrected chi connectivity index (χ3v) is 6.81. The molecule has 0 N–H and O–H groups in total. The van der Waals surface area contributed by atoms with Crippen LogP contribution in [0, 0.1) is 28.6 Å². The lowest BCUT2D eigenvalue weighted by Crippen LogP contribution is -2.44. The normalized spacial score (nSPS) is 42.8. The highest BCUT2D eigenvalue weighted by Crippen LogP contribution is 2.60. The van der Waals surface area contributed by atoms with Crippen LogP contribution in [0.4, 0.5) is 0 Å². The quantitative estimate of drug-likeness (QED) is 0.646. The summed E-state index contributed by atoms with van der Waals surface area (Å²) in [6, 6.07) is 0. The van der Waals surface area contributed by atoms with Gasteiger partial charge in [0, 0.05) is 35.0 Å². The third-order valence-electron chi connectivity index (χ3n) is 6.81. The van der Waals surface area contributed by atoms with Crippen molar-refractivity contribution in [3.8, 4) is 0 Å². The second-order valence-corrected chi connectivity index (χ2v) is 8.11. The largest absolute Gasteiger partial charge is 0.299 e.